The maximum Gasteiger partial charge on any atom is 0.290 e. The van der Waals surface area contributed by atoms with Gasteiger partial charge in [0.1, 0.15) is 11.6 Å². The lowest BCUT2D eigenvalue weighted by Crippen LogP contribution is -2.24. The largest absolute Gasteiger partial charge is 0.363 e. The molecule has 0 aliphatic rings. The third kappa shape index (κ3) is 3.27. The number of aryl methyl sites for hydroxylation is 1. The number of nitrogens with one attached hydrogen (secondary N) is 1. The second-order valence-electron chi connectivity index (χ2n) is 4.24. The predicted octanol–water partition coefficient (Wildman–Crippen LogP) is 0.769. The molecule has 19 heavy (non-hydrogen) atoms. The molecule has 0 radical (unpaired) electrons. The number of aromatic nitrogens is 3. The van der Waals surface area contributed by atoms with Crippen molar-refractivity contribution in [1.29, 1.82) is 0 Å². The van der Waals surface area contributed by atoms with Gasteiger partial charge >= 0.3 is 0 Å². The van der Waals surface area contributed by atoms with Gasteiger partial charge in [0.05, 0.1) is 12.7 Å². The summed E-state index contributed by atoms with van der Waals surface area (Å²) < 4.78 is 4.76. The van der Waals surface area contributed by atoms with Crippen LogP contribution in [0.2, 0.25) is 0 Å². The Labute approximate surface area is 110 Å². The first-order chi connectivity index (χ1) is 9.06. The summed E-state index contributed by atoms with van der Waals surface area (Å²) in [5.41, 5.74) is 0.850. The van der Waals surface area contributed by atoms with E-state index in [1.165, 1.54) is 12.3 Å². The van der Waals surface area contributed by atoms with E-state index in [0.29, 0.717) is 5.82 Å². The summed E-state index contributed by atoms with van der Waals surface area (Å²) in [5, 5.41) is 6.15. The summed E-state index contributed by atoms with van der Waals surface area (Å²) >= 11 is 0. The minimum absolute atomic E-state index is 0.167. The smallest absolute Gasteiger partial charge is 0.290 e. The van der Waals surface area contributed by atoms with Crippen LogP contribution < -0.4 is 10.2 Å². The van der Waals surface area contributed by atoms with E-state index in [1.54, 1.807) is 0 Å². The Bertz CT molecular complexity index is 566. The Morgan fingerprint density at radius 1 is 1.42 bits per heavy atom. The van der Waals surface area contributed by atoms with E-state index < -0.39 is 0 Å². The Morgan fingerprint density at radius 3 is 2.84 bits per heavy atom. The molecule has 0 aliphatic heterocycles. The van der Waals surface area contributed by atoms with Gasteiger partial charge in [-0.05, 0) is 6.92 Å². The molecule has 2 aromatic rings. The average Bonchev–Trinajstić information content (AvgIpc) is 2.89. The predicted molar refractivity (Wildman–Crippen MR) is 68.8 cm³/mol. The fourth-order valence-electron chi connectivity index (χ4n) is 1.50. The highest BCUT2D eigenvalue weighted by molar-refractivity contribution is 5.91. The summed E-state index contributed by atoms with van der Waals surface area (Å²) in [6.45, 7) is 2.12. The van der Waals surface area contributed by atoms with Crippen molar-refractivity contribution in [1.82, 2.24) is 20.4 Å². The number of nitrogens with zero attached hydrogens (tertiary/aromatic N) is 4. The zero-order valence-corrected chi connectivity index (χ0v) is 11.0. The molecule has 2 aromatic heterocycles. The number of anilines is 1. The molecule has 2 heterocycles. The van der Waals surface area contributed by atoms with Crippen molar-refractivity contribution < 1.29 is 9.32 Å². The molecule has 0 aliphatic carbocycles. The normalized spacial score (nSPS) is 10.3. The molecule has 0 atom stereocenters. The molecule has 0 spiro atoms. The van der Waals surface area contributed by atoms with Crippen molar-refractivity contribution >= 4 is 11.7 Å². The third-order valence-electron chi connectivity index (χ3n) is 2.41. The van der Waals surface area contributed by atoms with E-state index in [2.05, 4.69) is 20.4 Å². The van der Waals surface area contributed by atoms with Gasteiger partial charge in [-0.3, -0.25) is 4.79 Å². The standard InChI is InChI=1S/C12H15N5O2/c1-8-6-11(17(2)3)16-10(15-8)7-13-12(18)9-4-5-14-19-9/h4-6H,7H2,1-3H3,(H,13,18). The Hall–Kier alpha value is -2.44. The van der Waals surface area contributed by atoms with Gasteiger partial charge in [-0.2, -0.15) is 0 Å². The van der Waals surface area contributed by atoms with E-state index in [9.17, 15) is 4.79 Å². The minimum atomic E-state index is -0.339. The molecular weight excluding hydrogens is 246 g/mol. The van der Waals surface area contributed by atoms with Crippen LogP contribution >= 0.6 is 0 Å². The maximum absolute atomic E-state index is 11.7. The first kappa shape index (κ1) is 13.0. The Kier molecular flexibility index (Phi) is 3.74. The van der Waals surface area contributed by atoms with Gasteiger partial charge in [0.2, 0.25) is 5.76 Å². The molecule has 0 unspecified atom stereocenters. The van der Waals surface area contributed by atoms with Gasteiger partial charge in [0.25, 0.3) is 5.91 Å². The molecule has 2 rings (SSSR count). The first-order valence-corrected chi connectivity index (χ1v) is 5.77. The van der Waals surface area contributed by atoms with Crippen LogP contribution in [0.3, 0.4) is 0 Å². The number of rotatable bonds is 4. The van der Waals surface area contributed by atoms with Crippen molar-refractivity contribution in [2.24, 2.45) is 0 Å². The van der Waals surface area contributed by atoms with Crippen LogP contribution in [0.25, 0.3) is 0 Å². The minimum Gasteiger partial charge on any atom is -0.363 e. The Balaban J connectivity index is 2.05. The molecule has 7 heteroatoms. The molecule has 1 N–H and O–H groups in total. The number of hydrogen-bond donors (Lipinski definition) is 1. The van der Waals surface area contributed by atoms with Crippen LogP contribution in [0.4, 0.5) is 5.82 Å². The summed E-state index contributed by atoms with van der Waals surface area (Å²) in [4.78, 5) is 22.2. The molecular formula is C12H15N5O2. The highest BCUT2D eigenvalue weighted by atomic mass is 16.5. The third-order valence-corrected chi connectivity index (χ3v) is 2.41. The van der Waals surface area contributed by atoms with Gasteiger partial charge in [-0.25, -0.2) is 9.97 Å². The van der Waals surface area contributed by atoms with Crippen LogP contribution in [-0.2, 0) is 6.54 Å². The highest BCUT2D eigenvalue weighted by Gasteiger charge is 2.10. The molecule has 100 valence electrons. The summed E-state index contributed by atoms with van der Waals surface area (Å²) in [6.07, 6.45) is 1.42. The lowest BCUT2D eigenvalue weighted by Gasteiger charge is -2.13. The van der Waals surface area contributed by atoms with Crippen LogP contribution in [0, 0.1) is 6.92 Å². The van der Waals surface area contributed by atoms with Crippen molar-refractivity contribution in [2.45, 2.75) is 13.5 Å². The van der Waals surface area contributed by atoms with Crippen LogP contribution in [0.1, 0.15) is 22.1 Å². The first-order valence-electron chi connectivity index (χ1n) is 5.77. The monoisotopic (exact) mass is 261 g/mol. The zero-order chi connectivity index (χ0) is 13.8. The fourth-order valence-corrected chi connectivity index (χ4v) is 1.50. The van der Waals surface area contributed by atoms with E-state index >= 15 is 0 Å². The topological polar surface area (TPSA) is 84.2 Å². The van der Waals surface area contributed by atoms with E-state index in [-0.39, 0.29) is 18.2 Å². The lowest BCUT2D eigenvalue weighted by molar-refractivity contribution is 0.0913. The molecule has 0 fully saturated rings. The molecule has 0 aromatic carbocycles. The molecule has 0 saturated carbocycles. The summed E-state index contributed by atoms with van der Waals surface area (Å²) in [6, 6.07) is 3.37. The van der Waals surface area contributed by atoms with Gasteiger partial charge in [0.15, 0.2) is 0 Å². The molecule has 1 amide bonds. The summed E-state index contributed by atoms with van der Waals surface area (Å²) in [5.74, 6) is 1.18. The highest BCUT2D eigenvalue weighted by Crippen LogP contribution is 2.09. The van der Waals surface area contributed by atoms with Gasteiger partial charge in [-0.1, -0.05) is 5.16 Å². The number of carbonyl (C=O) groups is 1. The van der Waals surface area contributed by atoms with Crippen molar-refractivity contribution in [2.75, 3.05) is 19.0 Å². The lowest BCUT2D eigenvalue weighted by atomic mass is 10.4. The van der Waals surface area contributed by atoms with Gasteiger partial charge in [0, 0.05) is 31.9 Å². The van der Waals surface area contributed by atoms with Crippen molar-refractivity contribution in [3.8, 4) is 0 Å². The van der Waals surface area contributed by atoms with Gasteiger partial charge < -0.3 is 14.7 Å². The second-order valence-corrected chi connectivity index (χ2v) is 4.24. The number of hydrogen-bond acceptors (Lipinski definition) is 6. The van der Waals surface area contributed by atoms with Crippen molar-refractivity contribution in [3.05, 3.63) is 35.6 Å². The average molecular weight is 261 g/mol. The quantitative estimate of drug-likeness (QED) is 0.875. The van der Waals surface area contributed by atoms with Crippen LogP contribution in [-0.4, -0.2) is 35.1 Å². The SMILES string of the molecule is Cc1cc(N(C)C)nc(CNC(=O)c2ccno2)n1. The Morgan fingerprint density at radius 2 is 2.21 bits per heavy atom. The van der Waals surface area contributed by atoms with E-state index in [0.717, 1.165) is 11.5 Å². The van der Waals surface area contributed by atoms with E-state index in [1.807, 2.05) is 32.0 Å². The van der Waals surface area contributed by atoms with Crippen molar-refractivity contribution in [3.63, 3.8) is 0 Å². The number of amides is 1. The molecule has 7 nitrogen and oxygen atoms in total. The fraction of sp³-hybridized carbons (Fsp3) is 0.333. The van der Waals surface area contributed by atoms with Gasteiger partial charge in [-0.15, -0.1) is 0 Å². The van der Waals surface area contributed by atoms with E-state index in [4.69, 9.17) is 4.52 Å². The number of carbonyl (C=O) groups excluding carboxylic acids is 1. The maximum atomic E-state index is 11.7. The molecule has 0 saturated heterocycles. The van der Waals surface area contributed by atoms with Crippen LogP contribution in [0.15, 0.2) is 22.9 Å². The second kappa shape index (κ2) is 5.47. The summed E-state index contributed by atoms with van der Waals surface area (Å²) in [7, 11) is 3.80. The zero-order valence-electron chi connectivity index (χ0n) is 11.0. The van der Waals surface area contributed by atoms with Crippen LogP contribution in [0.5, 0.6) is 0 Å². The molecule has 0 bridgehead atoms.